The lowest BCUT2D eigenvalue weighted by Gasteiger charge is -2.12. The highest BCUT2D eigenvalue weighted by molar-refractivity contribution is 5.32. The van der Waals surface area contributed by atoms with Crippen LogP contribution >= 0.6 is 0 Å². The first-order valence-corrected chi connectivity index (χ1v) is 5.50. The molecule has 0 aliphatic rings. The lowest BCUT2D eigenvalue weighted by molar-refractivity contribution is 0.558. The van der Waals surface area contributed by atoms with Gasteiger partial charge in [-0.25, -0.2) is 0 Å². The van der Waals surface area contributed by atoms with Crippen LogP contribution in [0.3, 0.4) is 0 Å². The fourth-order valence-corrected chi connectivity index (χ4v) is 1.86. The van der Waals surface area contributed by atoms with E-state index in [1.54, 1.807) is 12.5 Å². The van der Waals surface area contributed by atoms with Crippen molar-refractivity contribution in [1.82, 2.24) is 0 Å². The second-order valence-corrected chi connectivity index (χ2v) is 4.30. The predicted octanol–water partition coefficient (Wildman–Crippen LogP) is 3.14. The summed E-state index contributed by atoms with van der Waals surface area (Å²) >= 11 is 0. The van der Waals surface area contributed by atoms with E-state index in [2.05, 4.69) is 32.0 Å². The van der Waals surface area contributed by atoms with E-state index in [1.165, 1.54) is 16.7 Å². The summed E-state index contributed by atoms with van der Waals surface area (Å²) in [6.45, 7) is 4.23. The van der Waals surface area contributed by atoms with Crippen molar-refractivity contribution in [2.75, 3.05) is 0 Å². The van der Waals surface area contributed by atoms with Gasteiger partial charge < -0.3 is 10.2 Å². The molecule has 1 heterocycles. The second-order valence-electron chi connectivity index (χ2n) is 4.30. The van der Waals surface area contributed by atoms with E-state index in [4.69, 9.17) is 10.2 Å². The van der Waals surface area contributed by atoms with Gasteiger partial charge in [-0.05, 0) is 37.5 Å². The van der Waals surface area contributed by atoms with Crippen LogP contribution in [-0.4, -0.2) is 0 Å². The van der Waals surface area contributed by atoms with Crippen LogP contribution in [0.4, 0.5) is 0 Å². The van der Waals surface area contributed by atoms with E-state index >= 15 is 0 Å². The summed E-state index contributed by atoms with van der Waals surface area (Å²) in [5, 5.41) is 0. The van der Waals surface area contributed by atoms with Gasteiger partial charge in [0.2, 0.25) is 0 Å². The predicted molar refractivity (Wildman–Crippen MR) is 65.3 cm³/mol. The first-order chi connectivity index (χ1) is 7.66. The molecule has 84 valence electrons. The molecule has 1 aromatic heterocycles. The Morgan fingerprint density at radius 1 is 1.25 bits per heavy atom. The average molecular weight is 215 g/mol. The summed E-state index contributed by atoms with van der Waals surface area (Å²) in [5.74, 6) is 0. The highest BCUT2D eigenvalue weighted by Gasteiger charge is 2.09. The summed E-state index contributed by atoms with van der Waals surface area (Å²) in [6.07, 6.45) is 4.24. The fourth-order valence-electron chi connectivity index (χ4n) is 1.86. The number of aryl methyl sites for hydroxylation is 2. The van der Waals surface area contributed by atoms with Crippen molar-refractivity contribution in [1.29, 1.82) is 0 Å². The zero-order chi connectivity index (χ0) is 11.5. The third kappa shape index (κ3) is 2.34. The molecule has 0 aliphatic carbocycles. The van der Waals surface area contributed by atoms with Gasteiger partial charge in [-0.3, -0.25) is 0 Å². The van der Waals surface area contributed by atoms with Crippen molar-refractivity contribution < 1.29 is 4.42 Å². The molecule has 1 unspecified atom stereocenters. The highest BCUT2D eigenvalue weighted by atomic mass is 16.3. The molecule has 2 N–H and O–H groups in total. The Kier molecular flexibility index (Phi) is 3.11. The Hall–Kier alpha value is -1.54. The quantitative estimate of drug-likeness (QED) is 0.854. The van der Waals surface area contributed by atoms with Crippen molar-refractivity contribution in [2.45, 2.75) is 26.3 Å². The van der Waals surface area contributed by atoms with Crippen LogP contribution in [0.5, 0.6) is 0 Å². The molecule has 16 heavy (non-hydrogen) atoms. The Bertz CT molecular complexity index is 460. The molecule has 0 bridgehead atoms. The number of benzene rings is 1. The van der Waals surface area contributed by atoms with Gasteiger partial charge in [0.25, 0.3) is 0 Å². The van der Waals surface area contributed by atoms with Gasteiger partial charge in [0.05, 0.1) is 12.5 Å². The molecule has 0 radical (unpaired) electrons. The maximum absolute atomic E-state index is 6.13. The van der Waals surface area contributed by atoms with Crippen LogP contribution in [0.25, 0.3) is 0 Å². The number of hydrogen-bond donors (Lipinski definition) is 1. The Labute approximate surface area is 96.1 Å². The largest absolute Gasteiger partial charge is 0.472 e. The standard InChI is InChI=1S/C14H17NO/c1-10-3-4-11(2)13(7-10)8-14(15)12-5-6-16-9-12/h3-7,9,14H,8,15H2,1-2H3. The summed E-state index contributed by atoms with van der Waals surface area (Å²) in [5.41, 5.74) is 11.1. The molecule has 0 fully saturated rings. The molecule has 2 heteroatoms. The third-order valence-electron chi connectivity index (χ3n) is 2.92. The highest BCUT2D eigenvalue weighted by Crippen LogP contribution is 2.19. The fraction of sp³-hybridized carbons (Fsp3) is 0.286. The lowest BCUT2D eigenvalue weighted by Crippen LogP contribution is -2.13. The van der Waals surface area contributed by atoms with Crippen LogP contribution in [0.15, 0.2) is 41.2 Å². The van der Waals surface area contributed by atoms with Crippen LogP contribution in [0, 0.1) is 13.8 Å². The van der Waals surface area contributed by atoms with Gasteiger partial charge in [-0.1, -0.05) is 23.8 Å². The number of nitrogens with two attached hydrogens (primary N) is 1. The molecule has 1 atom stereocenters. The van der Waals surface area contributed by atoms with Crippen molar-refractivity contribution in [3.8, 4) is 0 Å². The van der Waals surface area contributed by atoms with Gasteiger partial charge in [0.1, 0.15) is 0 Å². The van der Waals surface area contributed by atoms with E-state index < -0.39 is 0 Å². The summed E-state index contributed by atoms with van der Waals surface area (Å²) in [4.78, 5) is 0. The topological polar surface area (TPSA) is 39.2 Å². The zero-order valence-corrected chi connectivity index (χ0v) is 9.73. The normalized spacial score (nSPS) is 12.7. The van der Waals surface area contributed by atoms with Gasteiger partial charge in [0, 0.05) is 11.6 Å². The van der Waals surface area contributed by atoms with E-state index in [0.29, 0.717) is 0 Å². The summed E-state index contributed by atoms with van der Waals surface area (Å²) in [6, 6.07) is 8.42. The molecular formula is C14H17NO. The van der Waals surface area contributed by atoms with Gasteiger partial charge in [-0.15, -0.1) is 0 Å². The molecule has 0 saturated heterocycles. The SMILES string of the molecule is Cc1ccc(C)c(CC(N)c2ccoc2)c1. The number of furan rings is 1. The van der Waals surface area contributed by atoms with Gasteiger partial charge >= 0.3 is 0 Å². The minimum Gasteiger partial charge on any atom is -0.472 e. The lowest BCUT2D eigenvalue weighted by atomic mass is 9.97. The van der Waals surface area contributed by atoms with Crippen LogP contribution < -0.4 is 5.73 Å². The van der Waals surface area contributed by atoms with Crippen molar-refractivity contribution in [3.05, 3.63) is 59.0 Å². The average Bonchev–Trinajstić information content (AvgIpc) is 2.76. The Balaban J connectivity index is 2.17. The molecule has 0 saturated carbocycles. The van der Waals surface area contributed by atoms with E-state index in [1.807, 2.05) is 6.07 Å². The maximum Gasteiger partial charge on any atom is 0.0950 e. The Morgan fingerprint density at radius 2 is 2.06 bits per heavy atom. The second kappa shape index (κ2) is 4.54. The van der Waals surface area contributed by atoms with Gasteiger partial charge in [0.15, 0.2) is 0 Å². The van der Waals surface area contributed by atoms with E-state index in [9.17, 15) is 0 Å². The van der Waals surface area contributed by atoms with Crippen molar-refractivity contribution >= 4 is 0 Å². The van der Waals surface area contributed by atoms with Crippen molar-refractivity contribution in [3.63, 3.8) is 0 Å². The molecule has 1 aromatic carbocycles. The van der Waals surface area contributed by atoms with Crippen molar-refractivity contribution in [2.24, 2.45) is 5.73 Å². The minimum atomic E-state index is 0.0132. The Morgan fingerprint density at radius 3 is 2.75 bits per heavy atom. The third-order valence-corrected chi connectivity index (χ3v) is 2.92. The van der Waals surface area contributed by atoms with Crippen LogP contribution in [-0.2, 0) is 6.42 Å². The van der Waals surface area contributed by atoms with Gasteiger partial charge in [-0.2, -0.15) is 0 Å². The smallest absolute Gasteiger partial charge is 0.0950 e. The van der Waals surface area contributed by atoms with E-state index in [0.717, 1.165) is 12.0 Å². The van der Waals surface area contributed by atoms with Crippen LogP contribution in [0.1, 0.15) is 28.3 Å². The molecule has 2 aromatic rings. The molecule has 2 nitrogen and oxygen atoms in total. The molecule has 0 aliphatic heterocycles. The first-order valence-electron chi connectivity index (χ1n) is 5.50. The maximum atomic E-state index is 6.13. The number of hydrogen-bond acceptors (Lipinski definition) is 2. The molecular weight excluding hydrogens is 198 g/mol. The summed E-state index contributed by atoms with van der Waals surface area (Å²) in [7, 11) is 0. The molecule has 0 amide bonds. The first kappa shape index (κ1) is 11.0. The molecule has 0 spiro atoms. The minimum absolute atomic E-state index is 0.0132. The van der Waals surface area contributed by atoms with Crippen LogP contribution in [0.2, 0.25) is 0 Å². The van der Waals surface area contributed by atoms with E-state index in [-0.39, 0.29) is 6.04 Å². The zero-order valence-electron chi connectivity index (χ0n) is 9.73. The number of rotatable bonds is 3. The monoisotopic (exact) mass is 215 g/mol. The molecule has 2 rings (SSSR count). The summed E-state index contributed by atoms with van der Waals surface area (Å²) < 4.78 is 5.05.